The smallest absolute Gasteiger partial charge is 0.305 e. The zero-order valence-corrected chi connectivity index (χ0v) is 12.8. The van der Waals surface area contributed by atoms with E-state index in [1.54, 1.807) is 12.3 Å². The molecule has 0 atom stereocenters. The third-order valence-electron chi connectivity index (χ3n) is 3.75. The molecule has 0 aliphatic rings. The third kappa shape index (κ3) is 3.54. The van der Waals surface area contributed by atoms with Gasteiger partial charge in [-0.25, -0.2) is 4.39 Å². The van der Waals surface area contributed by atoms with E-state index in [0.717, 1.165) is 27.6 Å². The summed E-state index contributed by atoms with van der Waals surface area (Å²) in [5, 5.41) is 0.967. The van der Waals surface area contributed by atoms with E-state index < -0.39 is 0 Å². The van der Waals surface area contributed by atoms with Crippen molar-refractivity contribution in [1.82, 2.24) is 4.98 Å². The minimum atomic E-state index is -0.269. The van der Waals surface area contributed by atoms with Crippen LogP contribution >= 0.6 is 0 Å². The van der Waals surface area contributed by atoms with Gasteiger partial charge in [-0.15, -0.1) is 0 Å². The quantitative estimate of drug-likeness (QED) is 0.680. The SMILES string of the molecule is COC(=O)CCc1ccc2ncc(-c3cccc(F)c3)cc2c1. The summed E-state index contributed by atoms with van der Waals surface area (Å²) in [6, 6.07) is 14.3. The van der Waals surface area contributed by atoms with Crippen LogP contribution in [0, 0.1) is 5.82 Å². The molecule has 23 heavy (non-hydrogen) atoms. The number of esters is 1. The highest BCUT2D eigenvalue weighted by Gasteiger charge is 2.05. The van der Waals surface area contributed by atoms with Crippen LogP contribution in [-0.4, -0.2) is 18.1 Å². The predicted molar refractivity (Wildman–Crippen MR) is 87.5 cm³/mol. The fraction of sp³-hybridized carbons (Fsp3) is 0.158. The van der Waals surface area contributed by atoms with Gasteiger partial charge in [0.05, 0.1) is 12.6 Å². The first kappa shape index (κ1) is 15.2. The van der Waals surface area contributed by atoms with Gasteiger partial charge in [0.25, 0.3) is 0 Å². The molecule has 0 bridgehead atoms. The zero-order valence-electron chi connectivity index (χ0n) is 12.8. The Kier molecular flexibility index (Phi) is 4.33. The van der Waals surface area contributed by atoms with E-state index in [9.17, 15) is 9.18 Å². The molecule has 1 heterocycles. The van der Waals surface area contributed by atoms with Crippen LogP contribution in [0.15, 0.2) is 54.7 Å². The van der Waals surface area contributed by atoms with Crippen LogP contribution in [0.4, 0.5) is 4.39 Å². The number of ether oxygens (including phenoxy) is 1. The number of carbonyl (C=O) groups excluding carboxylic acids is 1. The van der Waals surface area contributed by atoms with Crippen LogP contribution in [-0.2, 0) is 16.0 Å². The van der Waals surface area contributed by atoms with Gasteiger partial charge in [0.15, 0.2) is 0 Å². The Morgan fingerprint density at radius 1 is 1.13 bits per heavy atom. The summed E-state index contributed by atoms with van der Waals surface area (Å²) in [5.41, 5.74) is 3.56. The van der Waals surface area contributed by atoms with Crippen molar-refractivity contribution in [2.45, 2.75) is 12.8 Å². The van der Waals surface area contributed by atoms with Gasteiger partial charge in [0.2, 0.25) is 0 Å². The molecule has 0 fully saturated rings. The number of halogens is 1. The molecule has 3 aromatic rings. The average molecular weight is 309 g/mol. The monoisotopic (exact) mass is 309 g/mol. The van der Waals surface area contributed by atoms with E-state index in [4.69, 9.17) is 0 Å². The molecule has 4 heteroatoms. The molecule has 0 radical (unpaired) electrons. The van der Waals surface area contributed by atoms with Gasteiger partial charge in [-0.05, 0) is 47.9 Å². The highest BCUT2D eigenvalue weighted by molar-refractivity contribution is 5.84. The van der Waals surface area contributed by atoms with Gasteiger partial charge in [-0.3, -0.25) is 9.78 Å². The normalized spacial score (nSPS) is 10.7. The molecule has 0 saturated carbocycles. The number of methoxy groups -OCH3 is 1. The molecule has 2 aromatic carbocycles. The maximum atomic E-state index is 13.4. The van der Waals surface area contributed by atoms with Gasteiger partial charge < -0.3 is 4.74 Å². The largest absolute Gasteiger partial charge is 0.469 e. The molecule has 0 amide bonds. The summed E-state index contributed by atoms with van der Waals surface area (Å²) >= 11 is 0. The molecule has 0 aliphatic carbocycles. The Hall–Kier alpha value is -2.75. The van der Waals surface area contributed by atoms with Gasteiger partial charge in [0.1, 0.15) is 5.82 Å². The topological polar surface area (TPSA) is 39.2 Å². The van der Waals surface area contributed by atoms with Crippen LogP contribution in [0.2, 0.25) is 0 Å². The van der Waals surface area contributed by atoms with Crippen molar-refractivity contribution in [3.63, 3.8) is 0 Å². The summed E-state index contributed by atoms with van der Waals surface area (Å²) in [6.45, 7) is 0. The van der Waals surface area contributed by atoms with Crippen molar-refractivity contribution < 1.29 is 13.9 Å². The summed E-state index contributed by atoms with van der Waals surface area (Å²) < 4.78 is 18.0. The zero-order chi connectivity index (χ0) is 16.2. The lowest BCUT2D eigenvalue weighted by molar-refractivity contribution is -0.140. The second kappa shape index (κ2) is 6.57. The van der Waals surface area contributed by atoms with E-state index in [1.807, 2.05) is 30.3 Å². The van der Waals surface area contributed by atoms with Crippen molar-refractivity contribution >= 4 is 16.9 Å². The third-order valence-corrected chi connectivity index (χ3v) is 3.75. The van der Waals surface area contributed by atoms with E-state index in [2.05, 4.69) is 9.72 Å². The Morgan fingerprint density at radius 2 is 2.00 bits per heavy atom. The first-order valence-electron chi connectivity index (χ1n) is 7.37. The van der Waals surface area contributed by atoms with Gasteiger partial charge >= 0.3 is 5.97 Å². The van der Waals surface area contributed by atoms with Crippen molar-refractivity contribution in [3.8, 4) is 11.1 Å². The Balaban J connectivity index is 1.93. The first-order chi connectivity index (χ1) is 11.2. The van der Waals surface area contributed by atoms with Crippen molar-refractivity contribution in [2.75, 3.05) is 7.11 Å². The minimum Gasteiger partial charge on any atom is -0.469 e. The molecular formula is C19H16FNO2. The molecule has 0 aliphatic heterocycles. The number of fused-ring (bicyclic) bond motifs is 1. The Morgan fingerprint density at radius 3 is 2.78 bits per heavy atom. The van der Waals surface area contributed by atoms with E-state index in [-0.39, 0.29) is 11.8 Å². The molecule has 0 saturated heterocycles. The number of benzene rings is 2. The average Bonchev–Trinajstić information content (AvgIpc) is 2.59. The summed E-state index contributed by atoms with van der Waals surface area (Å²) in [5.74, 6) is -0.494. The van der Waals surface area contributed by atoms with E-state index in [0.29, 0.717) is 12.8 Å². The molecule has 0 spiro atoms. The summed E-state index contributed by atoms with van der Waals surface area (Å²) in [6.07, 6.45) is 2.71. The molecule has 3 nitrogen and oxygen atoms in total. The molecule has 0 N–H and O–H groups in total. The number of hydrogen-bond donors (Lipinski definition) is 0. The van der Waals surface area contributed by atoms with Crippen LogP contribution in [0.3, 0.4) is 0 Å². The molecule has 3 rings (SSSR count). The lowest BCUT2D eigenvalue weighted by Crippen LogP contribution is -2.01. The van der Waals surface area contributed by atoms with Crippen LogP contribution in [0.25, 0.3) is 22.0 Å². The summed E-state index contributed by atoms with van der Waals surface area (Å²) in [7, 11) is 1.39. The molecule has 1 aromatic heterocycles. The number of pyridine rings is 1. The second-order valence-electron chi connectivity index (χ2n) is 5.34. The standard InChI is InChI=1S/C19H16FNO2/c1-23-19(22)8-6-13-5-7-18-15(9-13)10-16(12-21-18)14-3-2-4-17(20)11-14/h2-5,7,9-12H,6,8H2,1H3. The van der Waals surface area contributed by atoms with Crippen LogP contribution < -0.4 is 0 Å². The van der Waals surface area contributed by atoms with E-state index >= 15 is 0 Å². The lowest BCUT2D eigenvalue weighted by Gasteiger charge is -2.06. The molecule has 116 valence electrons. The van der Waals surface area contributed by atoms with E-state index in [1.165, 1.54) is 19.2 Å². The first-order valence-corrected chi connectivity index (χ1v) is 7.37. The minimum absolute atomic E-state index is 0.225. The van der Waals surface area contributed by atoms with Crippen molar-refractivity contribution in [2.24, 2.45) is 0 Å². The van der Waals surface area contributed by atoms with Crippen LogP contribution in [0.5, 0.6) is 0 Å². The van der Waals surface area contributed by atoms with Gasteiger partial charge in [-0.2, -0.15) is 0 Å². The maximum Gasteiger partial charge on any atom is 0.305 e. The number of aromatic nitrogens is 1. The number of carbonyl (C=O) groups is 1. The molecular weight excluding hydrogens is 293 g/mol. The maximum absolute atomic E-state index is 13.4. The second-order valence-corrected chi connectivity index (χ2v) is 5.34. The highest BCUT2D eigenvalue weighted by Crippen LogP contribution is 2.24. The Labute approximate surface area is 133 Å². The fourth-order valence-electron chi connectivity index (χ4n) is 2.51. The number of hydrogen-bond acceptors (Lipinski definition) is 3. The van der Waals surface area contributed by atoms with Gasteiger partial charge in [-0.1, -0.05) is 18.2 Å². The lowest BCUT2D eigenvalue weighted by atomic mass is 10.0. The van der Waals surface area contributed by atoms with Crippen LogP contribution in [0.1, 0.15) is 12.0 Å². The Bertz CT molecular complexity index is 861. The summed E-state index contributed by atoms with van der Waals surface area (Å²) in [4.78, 5) is 15.7. The number of nitrogens with zero attached hydrogens (tertiary/aromatic N) is 1. The number of aryl methyl sites for hydroxylation is 1. The molecule has 0 unspecified atom stereocenters. The fourth-order valence-corrected chi connectivity index (χ4v) is 2.51. The van der Waals surface area contributed by atoms with Gasteiger partial charge in [0, 0.05) is 23.6 Å². The highest BCUT2D eigenvalue weighted by atomic mass is 19.1. The van der Waals surface area contributed by atoms with Crippen molar-refractivity contribution in [3.05, 3.63) is 66.1 Å². The predicted octanol–water partition coefficient (Wildman–Crippen LogP) is 4.15. The number of rotatable bonds is 4. The van der Waals surface area contributed by atoms with Crippen molar-refractivity contribution in [1.29, 1.82) is 0 Å².